The van der Waals surface area contributed by atoms with Crippen LogP contribution in [0.15, 0.2) is 71.6 Å². The number of aryl methyl sites for hydroxylation is 1. The third kappa shape index (κ3) is 5.66. The minimum Gasteiger partial charge on any atom is -0.321 e. The first-order valence-electron chi connectivity index (χ1n) is 9.23. The van der Waals surface area contributed by atoms with Gasteiger partial charge >= 0.3 is 6.18 Å². The summed E-state index contributed by atoms with van der Waals surface area (Å²) in [4.78, 5) is 22.5. The zero-order valence-corrected chi connectivity index (χ0v) is 17.7. The third-order valence-corrected chi connectivity index (χ3v) is 5.95. The summed E-state index contributed by atoms with van der Waals surface area (Å²) in [6, 6.07) is 12.4. The molecule has 0 atom stereocenters. The number of alkyl halides is 3. The van der Waals surface area contributed by atoms with E-state index in [2.05, 4.69) is 10.0 Å². The number of halogens is 3. The summed E-state index contributed by atoms with van der Waals surface area (Å²) in [7, 11) is -4.22. The van der Waals surface area contributed by atoms with E-state index in [9.17, 15) is 36.5 Å². The lowest BCUT2D eigenvalue weighted by Crippen LogP contribution is -2.15. The quantitative estimate of drug-likeness (QED) is 0.382. The number of non-ortho nitro benzene ring substituents is 1. The molecular formula is C21H16F3N3O5S. The molecule has 3 aromatic rings. The molecule has 0 saturated heterocycles. The number of nitrogens with zero attached hydrogens (tertiary/aromatic N) is 1. The number of rotatable bonds is 6. The molecule has 3 rings (SSSR count). The molecular weight excluding hydrogens is 463 g/mol. The van der Waals surface area contributed by atoms with Crippen LogP contribution in [0.4, 0.5) is 30.2 Å². The number of sulfonamides is 1. The largest absolute Gasteiger partial charge is 0.416 e. The molecule has 0 heterocycles. The van der Waals surface area contributed by atoms with E-state index in [0.717, 1.165) is 24.3 Å². The molecule has 0 aromatic heterocycles. The number of carbonyl (C=O) groups is 1. The second-order valence-electron chi connectivity index (χ2n) is 6.92. The van der Waals surface area contributed by atoms with Gasteiger partial charge in [0.05, 0.1) is 21.1 Å². The number of anilines is 2. The second-order valence-corrected chi connectivity index (χ2v) is 8.60. The first-order chi connectivity index (χ1) is 15.4. The Bertz CT molecular complexity index is 1320. The van der Waals surface area contributed by atoms with E-state index in [1.165, 1.54) is 36.4 Å². The van der Waals surface area contributed by atoms with Crippen LogP contribution in [-0.2, 0) is 16.2 Å². The number of nitro groups is 1. The van der Waals surface area contributed by atoms with Crippen LogP contribution in [0.25, 0.3) is 0 Å². The van der Waals surface area contributed by atoms with Crippen molar-refractivity contribution >= 4 is 33.0 Å². The number of amides is 1. The van der Waals surface area contributed by atoms with Crippen molar-refractivity contribution in [2.75, 3.05) is 10.0 Å². The van der Waals surface area contributed by atoms with Crippen LogP contribution in [-0.4, -0.2) is 19.2 Å². The predicted molar refractivity (Wildman–Crippen MR) is 114 cm³/mol. The van der Waals surface area contributed by atoms with Gasteiger partial charge in [-0.1, -0.05) is 12.1 Å². The van der Waals surface area contributed by atoms with Crippen molar-refractivity contribution < 1.29 is 31.3 Å². The highest BCUT2D eigenvalue weighted by atomic mass is 32.2. The lowest BCUT2D eigenvalue weighted by molar-refractivity contribution is -0.384. The van der Waals surface area contributed by atoms with E-state index in [-0.39, 0.29) is 27.5 Å². The van der Waals surface area contributed by atoms with E-state index in [1.807, 2.05) is 0 Å². The van der Waals surface area contributed by atoms with Crippen LogP contribution >= 0.6 is 0 Å². The summed E-state index contributed by atoms with van der Waals surface area (Å²) >= 11 is 0. The Morgan fingerprint density at radius 2 is 1.67 bits per heavy atom. The van der Waals surface area contributed by atoms with Crippen molar-refractivity contribution in [3.63, 3.8) is 0 Å². The molecule has 0 aliphatic carbocycles. The molecule has 0 aliphatic rings. The summed E-state index contributed by atoms with van der Waals surface area (Å²) in [6.07, 6.45) is -4.63. The number of carbonyl (C=O) groups excluding carboxylic acids is 1. The van der Waals surface area contributed by atoms with Gasteiger partial charge in [0.15, 0.2) is 0 Å². The molecule has 8 nitrogen and oxygen atoms in total. The van der Waals surface area contributed by atoms with Crippen molar-refractivity contribution in [1.82, 2.24) is 0 Å². The fourth-order valence-electron chi connectivity index (χ4n) is 2.81. The number of nitrogens with one attached hydrogen (secondary N) is 2. The zero-order valence-electron chi connectivity index (χ0n) is 16.9. The second kappa shape index (κ2) is 8.90. The Balaban J connectivity index is 1.77. The molecule has 12 heteroatoms. The lowest BCUT2D eigenvalue weighted by Gasteiger charge is -2.12. The summed E-state index contributed by atoms with van der Waals surface area (Å²) in [5, 5.41) is 13.4. The van der Waals surface area contributed by atoms with Gasteiger partial charge in [0, 0.05) is 23.4 Å². The highest BCUT2D eigenvalue weighted by molar-refractivity contribution is 7.92. The lowest BCUT2D eigenvalue weighted by atomic mass is 10.1. The van der Waals surface area contributed by atoms with Gasteiger partial charge in [-0.3, -0.25) is 19.6 Å². The van der Waals surface area contributed by atoms with Crippen LogP contribution in [0.2, 0.25) is 0 Å². The molecule has 2 N–H and O–H groups in total. The van der Waals surface area contributed by atoms with Gasteiger partial charge in [0.2, 0.25) is 0 Å². The van der Waals surface area contributed by atoms with E-state index in [4.69, 9.17) is 0 Å². The van der Waals surface area contributed by atoms with Crippen molar-refractivity contribution in [2.45, 2.75) is 18.0 Å². The van der Waals surface area contributed by atoms with Crippen LogP contribution < -0.4 is 10.0 Å². The average molecular weight is 479 g/mol. The number of benzene rings is 3. The van der Waals surface area contributed by atoms with Gasteiger partial charge in [0.1, 0.15) is 0 Å². The average Bonchev–Trinajstić information content (AvgIpc) is 2.74. The molecule has 0 saturated carbocycles. The number of hydrogen-bond donors (Lipinski definition) is 2. The topological polar surface area (TPSA) is 118 Å². The minimum atomic E-state index is -4.63. The summed E-state index contributed by atoms with van der Waals surface area (Å²) in [5.74, 6) is -0.631. The summed E-state index contributed by atoms with van der Waals surface area (Å²) in [6.45, 7) is 1.65. The van der Waals surface area contributed by atoms with Crippen molar-refractivity contribution in [2.24, 2.45) is 0 Å². The Labute approximate surface area is 186 Å². The fourth-order valence-corrected chi connectivity index (χ4v) is 3.86. The van der Waals surface area contributed by atoms with Gasteiger partial charge in [-0.05, 0) is 55.0 Å². The van der Waals surface area contributed by atoms with Crippen molar-refractivity contribution in [1.29, 1.82) is 0 Å². The van der Waals surface area contributed by atoms with Crippen LogP contribution in [0.5, 0.6) is 0 Å². The molecule has 33 heavy (non-hydrogen) atoms. The Kier molecular flexibility index (Phi) is 6.40. The molecule has 0 spiro atoms. The normalized spacial score (nSPS) is 11.6. The van der Waals surface area contributed by atoms with Crippen molar-refractivity contribution in [3.05, 3.63) is 93.5 Å². The van der Waals surface area contributed by atoms with Crippen LogP contribution in [0, 0.1) is 17.0 Å². The number of nitro benzene ring substituents is 1. The van der Waals surface area contributed by atoms with Gasteiger partial charge in [-0.2, -0.15) is 13.2 Å². The molecule has 172 valence electrons. The van der Waals surface area contributed by atoms with E-state index >= 15 is 0 Å². The van der Waals surface area contributed by atoms with Gasteiger partial charge < -0.3 is 5.32 Å². The van der Waals surface area contributed by atoms with E-state index < -0.39 is 32.6 Å². The Hall–Kier alpha value is -3.93. The molecule has 0 unspecified atom stereocenters. The van der Waals surface area contributed by atoms with E-state index in [0.29, 0.717) is 11.6 Å². The highest BCUT2D eigenvalue weighted by Gasteiger charge is 2.30. The maximum absolute atomic E-state index is 12.8. The summed E-state index contributed by atoms with van der Waals surface area (Å²) < 4.78 is 65.6. The Morgan fingerprint density at radius 3 is 2.27 bits per heavy atom. The van der Waals surface area contributed by atoms with Crippen LogP contribution in [0.1, 0.15) is 21.5 Å². The monoisotopic (exact) mass is 479 g/mol. The van der Waals surface area contributed by atoms with Gasteiger partial charge in [0.25, 0.3) is 21.6 Å². The minimum absolute atomic E-state index is 0.0684. The predicted octanol–water partition coefficient (Wildman–Crippen LogP) is 4.98. The maximum Gasteiger partial charge on any atom is 0.416 e. The molecule has 0 fully saturated rings. The first kappa shape index (κ1) is 23.7. The SMILES string of the molecule is Cc1ccc([N+](=O)[O-])cc1NC(=O)c1ccc(S(=O)(=O)Nc2cccc(C(F)(F)F)c2)cc1. The standard InChI is InChI=1S/C21H16F3N3O5S/c1-13-5-8-17(27(29)30)12-19(13)25-20(28)14-6-9-18(10-7-14)33(31,32)26-16-4-2-3-15(11-16)21(22,23)24/h2-12,26H,1H3,(H,25,28). The van der Waals surface area contributed by atoms with Crippen molar-refractivity contribution in [3.8, 4) is 0 Å². The third-order valence-electron chi connectivity index (χ3n) is 4.55. The van der Waals surface area contributed by atoms with Gasteiger partial charge in [-0.25, -0.2) is 8.42 Å². The maximum atomic E-state index is 12.8. The van der Waals surface area contributed by atoms with E-state index in [1.54, 1.807) is 6.92 Å². The summed E-state index contributed by atoms with van der Waals surface area (Å²) in [5.41, 5.74) is -0.619. The molecule has 1 amide bonds. The highest BCUT2D eigenvalue weighted by Crippen LogP contribution is 2.31. The Morgan fingerprint density at radius 1 is 1.00 bits per heavy atom. The zero-order chi connectivity index (χ0) is 24.4. The molecule has 0 aliphatic heterocycles. The van der Waals surface area contributed by atoms with Gasteiger partial charge in [-0.15, -0.1) is 0 Å². The fraction of sp³-hybridized carbons (Fsp3) is 0.0952. The van der Waals surface area contributed by atoms with Crippen LogP contribution in [0.3, 0.4) is 0 Å². The molecule has 0 radical (unpaired) electrons. The molecule has 0 bridgehead atoms. The smallest absolute Gasteiger partial charge is 0.321 e. The number of hydrogen-bond acceptors (Lipinski definition) is 5. The molecule has 3 aromatic carbocycles. The first-order valence-corrected chi connectivity index (χ1v) is 10.7.